The molecule has 4 N–H and O–H groups in total. The molecule has 0 radical (unpaired) electrons. The summed E-state index contributed by atoms with van der Waals surface area (Å²) < 4.78 is 302. The molecule has 2 saturated carbocycles. The van der Waals surface area contributed by atoms with Gasteiger partial charge in [-0.25, -0.2) is 0 Å². The molecular formula is C38H40F20N2. The second-order valence-electron chi connectivity index (χ2n) is 15.8. The summed E-state index contributed by atoms with van der Waals surface area (Å²) >= 11 is 0. The van der Waals surface area contributed by atoms with Crippen molar-refractivity contribution in [1.82, 2.24) is 0 Å². The van der Waals surface area contributed by atoms with E-state index in [1.165, 1.54) is 27.7 Å². The molecule has 2 unspecified atom stereocenters. The fourth-order valence-corrected chi connectivity index (χ4v) is 7.07. The maximum Gasteiger partial charge on any atom is 0.385 e. The molecule has 2 aromatic rings. The summed E-state index contributed by atoms with van der Waals surface area (Å²) in [6.45, 7) is 5.30. The molecule has 342 valence electrons. The predicted octanol–water partition coefficient (Wildman–Crippen LogP) is 14.4. The van der Waals surface area contributed by atoms with Crippen molar-refractivity contribution in [3.63, 3.8) is 0 Å². The lowest BCUT2D eigenvalue weighted by molar-refractivity contribution is -0.470. The molecule has 2 aliphatic rings. The molecule has 60 heavy (non-hydrogen) atoms. The Kier molecular flexibility index (Phi) is 12.5. The fourth-order valence-electron chi connectivity index (χ4n) is 7.07. The first-order valence-corrected chi connectivity index (χ1v) is 18.6. The summed E-state index contributed by atoms with van der Waals surface area (Å²) in [5.74, 6) is -86.7. The van der Waals surface area contributed by atoms with E-state index in [1.807, 2.05) is 0 Å². The highest BCUT2D eigenvalue weighted by Crippen LogP contribution is 2.68. The van der Waals surface area contributed by atoms with Gasteiger partial charge in [0.2, 0.25) is 0 Å². The minimum absolute atomic E-state index is 0.000391. The quantitative estimate of drug-likeness (QED) is 0.123. The Morgan fingerprint density at radius 2 is 0.667 bits per heavy atom. The number of nitrogen functional groups attached to an aromatic ring is 2. The third-order valence-corrected chi connectivity index (χ3v) is 12.1. The Morgan fingerprint density at radius 3 is 0.867 bits per heavy atom. The van der Waals surface area contributed by atoms with Crippen LogP contribution in [0.15, 0.2) is 24.3 Å². The van der Waals surface area contributed by atoms with Crippen LogP contribution in [0.4, 0.5) is 99.2 Å². The maximum absolute atomic E-state index is 15.5. The van der Waals surface area contributed by atoms with Gasteiger partial charge < -0.3 is 11.5 Å². The molecule has 4 rings (SSSR count). The summed E-state index contributed by atoms with van der Waals surface area (Å²) in [6, 6.07) is 0.0527. The molecule has 0 spiro atoms. The SMILES string of the molecule is CCC(C)c1cc(C(F)(F)C(F)(F)C(F)(F)C(F)(F)C(F)(F)C(F)(F)C(F)(F)C(F)(F)C(F)(F)C(F)(F)c2cc(C(C)CC)c(N)c(C3CCC3)c2)cc(C2CCC2)c1N. The largest absolute Gasteiger partial charge is 0.398 e. The van der Waals surface area contributed by atoms with Crippen LogP contribution in [-0.2, 0) is 11.8 Å². The van der Waals surface area contributed by atoms with Crippen LogP contribution in [-0.4, -0.2) is 47.4 Å². The second-order valence-corrected chi connectivity index (χ2v) is 15.8. The maximum atomic E-state index is 15.5. The van der Waals surface area contributed by atoms with Gasteiger partial charge in [0.1, 0.15) is 0 Å². The molecule has 2 nitrogen and oxygen atoms in total. The van der Waals surface area contributed by atoms with E-state index in [0.29, 0.717) is 12.8 Å². The van der Waals surface area contributed by atoms with E-state index in [-0.39, 0.29) is 74.2 Å². The van der Waals surface area contributed by atoms with Crippen molar-refractivity contribution in [3.8, 4) is 0 Å². The third kappa shape index (κ3) is 6.66. The van der Waals surface area contributed by atoms with E-state index in [2.05, 4.69) is 0 Å². The highest BCUT2D eigenvalue weighted by atomic mass is 19.4. The Labute approximate surface area is 330 Å². The standard InChI is InChI=1S/C38H40F20N2/c1-5-17(3)23-13-21(15-25(27(23)59)19-9-7-10-19)29(39,40)31(43,44)33(47,48)35(51,52)37(55,56)38(57,58)36(53,54)34(49,50)32(45,46)30(41,42)22-14-24(18(4)6-2)28(60)26(16-22)20-11-8-12-20/h13-20H,5-12,59-60H2,1-4H3. The first-order chi connectivity index (χ1) is 26.9. The highest BCUT2D eigenvalue weighted by molar-refractivity contribution is 5.61. The minimum atomic E-state index is -9.12. The number of alkyl halides is 20. The minimum Gasteiger partial charge on any atom is -0.398 e. The summed E-state index contributed by atoms with van der Waals surface area (Å²) in [4.78, 5) is 0. The van der Waals surface area contributed by atoms with Gasteiger partial charge in [0.25, 0.3) is 0 Å². The van der Waals surface area contributed by atoms with E-state index in [0.717, 1.165) is 0 Å². The van der Waals surface area contributed by atoms with E-state index < -0.39 is 116 Å². The first kappa shape index (κ1) is 49.3. The van der Waals surface area contributed by atoms with Crippen molar-refractivity contribution < 1.29 is 87.8 Å². The molecule has 2 aliphatic carbocycles. The Bertz CT molecular complexity index is 1710. The lowest BCUT2D eigenvalue weighted by atomic mass is 9.76. The summed E-state index contributed by atoms with van der Waals surface area (Å²) in [7, 11) is 0. The number of rotatable bonds is 17. The molecule has 2 aromatic carbocycles. The lowest BCUT2D eigenvalue weighted by Crippen LogP contribution is -2.76. The van der Waals surface area contributed by atoms with Crippen LogP contribution in [0.25, 0.3) is 0 Å². The molecule has 0 aliphatic heterocycles. The third-order valence-electron chi connectivity index (χ3n) is 12.1. The van der Waals surface area contributed by atoms with Gasteiger partial charge in [0.05, 0.1) is 0 Å². The van der Waals surface area contributed by atoms with Gasteiger partial charge in [-0.1, -0.05) is 40.5 Å². The van der Waals surface area contributed by atoms with Gasteiger partial charge >= 0.3 is 59.2 Å². The van der Waals surface area contributed by atoms with E-state index in [4.69, 9.17) is 11.5 Å². The van der Waals surface area contributed by atoms with Gasteiger partial charge in [0, 0.05) is 22.5 Å². The monoisotopic (exact) mass is 904 g/mol. The summed E-state index contributed by atoms with van der Waals surface area (Å²) in [6.07, 6.45) is 1.37. The Morgan fingerprint density at radius 1 is 0.433 bits per heavy atom. The number of benzene rings is 2. The van der Waals surface area contributed by atoms with Crippen molar-refractivity contribution >= 4 is 11.4 Å². The Balaban J connectivity index is 1.83. The molecule has 2 fully saturated rings. The van der Waals surface area contributed by atoms with Crippen molar-refractivity contribution in [2.45, 2.75) is 162 Å². The molecule has 2 atom stereocenters. The number of halogens is 20. The number of hydrogen-bond acceptors (Lipinski definition) is 2. The van der Waals surface area contributed by atoms with Gasteiger partial charge in [-0.2, -0.15) is 87.8 Å². The van der Waals surface area contributed by atoms with E-state index in [9.17, 15) is 35.1 Å². The molecule has 0 bridgehead atoms. The zero-order valence-electron chi connectivity index (χ0n) is 32.0. The van der Waals surface area contributed by atoms with Crippen molar-refractivity contribution in [2.75, 3.05) is 11.5 Å². The second kappa shape index (κ2) is 15.2. The summed E-state index contributed by atoms with van der Waals surface area (Å²) in [5.41, 5.74) is 4.85. The predicted molar refractivity (Wildman–Crippen MR) is 180 cm³/mol. The van der Waals surface area contributed by atoms with Crippen LogP contribution >= 0.6 is 0 Å². The average molecular weight is 905 g/mol. The topological polar surface area (TPSA) is 52.0 Å². The van der Waals surface area contributed by atoms with Crippen LogP contribution in [0, 0.1) is 0 Å². The normalized spacial score (nSPS) is 18.6. The average Bonchev–Trinajstić information content (AvgIpc) is 3.09. The van der Waals surface area contributed by atoms with Gasteiger partial charge in [-0.15, -0.1) is 0 Å². The number of anilines is 2. The van der Waals surface area contributed by atoms with Crippen molar-refractivity contribution in [2.24, 2.45) is 0 Å². The van der Waals surface area contributed by atoms with Crippen LogP contribution in [0.1, 0.15) is 136 Å². The molecule has 0 aromatic heterocycles. The van der Waals surface area contributed by atoms with Crippen molar-refractivity contribution in [3.05, 3.63) is 57.6 Å². The van der Waals surface area contributed by atoms with Crippen LogP contribution in [0.2, 0.25) is 0 Å². The molecular weight excluding hydrogens is 864 g/mol. The number of hydrogen-bond donors (Lipinski definition) is 2. The molecule has 0 saturated heterocycles. The van der Waals surface area contributed by atoms with E-state index in [1.54, 1.807) is 0 Å². The lowest BCUT2D eigenvalue weighted by Gasteiger charge is -2.45. The summed E-state index contributed by atoms with van der Waals surface area (Å²) in [5, 5.41) is 0. The zero-order chi connectivity index (χ0) is 46.4. The van der Waals surface area contributed by atoms with Gasteiger partial charge in [0.15, 0.2) is 0 Å². The number of nitrogens with two attached hydrogens (primary N) is 2. The molecule has 0 amide bonds. The smallest absolute Gasteiger partial charge is 0.385 e. The van der Waals surface area contributed by atoms with Crippen molar-refractivity contribution in [1.29, 1.82) is 0 Å². The molecule has 22 heteroatoms. The zero-order valence-corrected chi connectivity index (χ0v) is 32.0. The van der Waals surface area contributed by atoms with Crippen LogP contribution in [0.5, 0.6) is 0 Å². The first-order valence-electron chi connectivity index (χ1n) is 18.6. The van der Waals surface area contributed by atoms with Gasteiger partial charge in [-0.05, 0) is 109 Å². The molecule has 0 heterocycles. The van der Waals surface area contributed by atoms with Crippen LogP contribution in [0.3, 0.4) is 0 Å². The Hall–Kier alpha value is -3.36. The van der Waals surface area contributed by atoms with Crippen LogP contribution < -0.4 is 11.5 Å². The highest BCUT2D eigenvalue weighted by Gasteiger charge is 2.97. The fraction of sp³-hybridized carbons (Fsp3) is 0.684. The van der Waals surface area contributed by atoms with Gasteiger partial charge in [-0.3, -0.25) is 0 Å². The van der Waals surface area contributed by atoms with E-state index >= 15 is 52.7 Å².